The van der Waals surface area contributed by atoms with Crippen LogP contribution in [0.25, 0.3) is 21.3 Å². The van der Waals surface area contributed by atoms with Gasteiger partial charge in [-0.2, -0.15) is 0 Å². The van der Waals surface area contributed by atoms with E-state index in [0.717, 1.165) is 22.3 Å². The molecule has 0 atom stereocenters. The first-order valence-electron chi connectivity index (χ1n) is 10.2. The van der Waals surface area contributed by atoms with Gasteiger partial charge in [-0.25, -0.2) is 4.98 Å². The lowest BCUT2D eigenvalue weighted by molar-refractivity contribution is 0.102. The lowest BCUT2D eigenvalue weighted by Gasteiger charge is -2.07. The van der Waals surface area contributed by atoms with Gasteiger partial charge < -0.3 is 4.98 Å². The highest BCUT2D eigenvalue weighted by Gasteiger charge is 2.15. The fourth-order valence-electron chi connectivity index (χ4n) is 3.39. The number of thioether (sulfide) groups is 1. The van der Waals surface area contributed by atoms with Crippen molar-refractivity contribution >= 4 is 39.1 Å². The minimum Gasteiger partial charge on any atom is -0.301 e. The highest BCUT2D eigenvalue weighted by atomic mass is 32.2. The molecule has 31 heavy (non-hydrogen) atoms. The molecule has 0 saturated heterocycles. The lowest BCUT2D eigenvalue weighted by Crippen LogP contribution is -2.10. The van der Waals surface area contributed by atoms with Crippen LogP contribution in [0.5, 0.6) is 0 Å². The number of nitrogens with zero attached hydrogens (tertiary/aromatic N) is 1. The summed E-state index contributed by atoms with van der Waals surface area (Å²) >= 11 is 2.72. The third kappa shape index (κ3) is 4.50. The molecule has 4 rings (SSSR count). The molecule has 2 heterocycles. The highest BCUT2D eigenvalue weighted by molar-refractivity contribution is 7.99. The van der Waals surface area contributed by atoms with Crippen molar-refractivity contribution in [1.29, 1.82) is 0 Å². The maximum Gasteiger partial charge on any atom is 0.260 e. The van der Waals surface area contributed by atoms with Gasteiger partial charge in [-0.15, -0.1) is 11.3 Å². The second-order valence-electron chi connectivity index (χ2n) is 7.99. The summed E-state index contributed by atoms with van der Waals surface area (Å²) in [5, 5.41) is 3.05. The number of carbonyl (C=O) groups is 1. The number of carbonyl (C=O) groups excluding carboxylic acids is 1. The molecule has 0 spiro atoms. The first-order valence-corrected chi connectivity index (χ1v) is 12.0. The Balaban J connectivity index is 1.56. The molecule has 6 heteroatoms. The van der Waals surface area contributed by atoms with E-state index in [4.69, 9.17) is 0 Å². The minimum atomic E-state index is -0.171. The summed E-state index contributed by atoms with van der Waals surface area (Å²) in [6.07, 6.45) is 0. The Morgan fingerprint density at radius 3 is 2.52 bits per heavy atom. The third-order valence-electron chi connectivity index (χ3n) is 5.48. The maximum atomic E-state index is 12.8. The molecule has 2 aromatic carbocycles. The molecule has 158 valence electrons. The molecule has 4 aromatic rings. The fraction of sp³-hybridized carbons (Fsp3) is 0.240. The summed E-state index contributed by atoms with van der Waals surface area (Å²) < 4.78 is 0. The topological polar surface area (TPSA) is 62.8 Å². The molecule has 0 radical (unpaired) electrons. The van der Waals surface area contributed by atoms with Crippen molar-refractivity contribution in [2.45, 2.75) is 38.8 Å². The molecule has 0 amide bonds. The Morgan fingerprint density at radius 2 is 1.84 bits per heavy atom. The van der Waals surface area contributed by atoms with Gasteiger partial charge >= 0.3 is 0 Å². The average Bonchev–Trinajstić information content (AvgIpc) is 3.18. The Kier molecular flexibility index (Phi) is 6.12. The molecular weight excluding hydrogens is 424 g/mol. The number of aromatic nitrogens is 2. The van der Waals surface area contributed by atoms with E-state index in [1.54, 1.807) is 0 Å². The quantitative estimate of drug-likeness (QED) is 0.212. The number of nitrogens with one attached hydrogen (secondary N) is 1. The second kappa shape index (κ2) is 8.81. The molecular formula is C25H24N2O2S2. The number of Topliss-reactive ketones (excluding diaryl/α,β-unsaturated/α-hetero) is 1. The molecule has 0 unspecified atom stereocenters. The van der Waals surface area contributed by atoms with Crippen molar-refractivity contribution in [3.05, 3.63) is 80.5 Å². The van der Waals surface area contributed by atoms with Gasteiger partial charge in [0.1, 0.15) is 4.83 Å². The van der Waals surface area contributed by atoms with Crippen LogP contribution in [0.4, 0.5) is 0 Å². The normalized spacial score (nSPS) is 11.4. The van der Waals surface area contributed by atoms with E-state index in [1.807, 2.05) is 37.4 Å². The van der Waals surface area contributed by atoms with Crippen molar-refractivity contribution in [2.24, 2.45) is 0 Å². The first-order chi connectivity index (χ1) is 14.8. The number of thiophene rings is 1. The number of benzene rings is 2. The number of hydrogen-bond donors (Lipinski definition) is 1. The van der Waals surface area contributed by atoms with Crippen molar-refractivity contribution < 1.29 is 4.79 Å². The van der Waals surface area contributed by atoms with Crippen molar-refractivity contribution in [3.63, 3.8) is 0 Å². The van der Waals surface area contributed by atoms with Gasteiger partial charge in [0, 0.05) is 16.5 Å². The van der Waals surface area contributed by atoms with Gasteiger partial charge in [-0.05, 0) is 48.1 Å². The largest absolute Gasteiger partial charge is 0.301 e. The zero-order chi connectivity index (χ0) is 22.1. The van der Waals surface area contributed by atoms with Gasteiger partial charge in [-0.1, -0.05) is 62.0 Å². The van der Waals surface area contributed by atoms with Crippen LogP contribution in [0.1, 0.15) is 46.8 Å². The molecule has 0 bridgehead atoms. The standard InChI is InChI=1S/C25H24N2O2S2/c1-14(2)17-7-9-18(10-8-17)20-12-30-24-22(20)23(29)26-25(27-24)31-13-21(28)19-6-5-15(3)16(4)11-19/h5-12,14H,13H2,1-4H3,(H,26,27,29). The van der Waals surface area contributed by atoms with E-state index < -0.39 is 0 Å². The van der Waals surface area contributed by atoms with Gasteiger partial charge in [0.05, 0.1) is 11.1 Å². The summed E-state index contributed by atoms with van der Waals surface area (Å²) in [4.78, 5) is 33.5. The van der Waals surface area contributed by atoms with Crippen LogP contribution in [0.15, 0.2) is 57.8 Å². The monoisotopic (exact) mass is 448 g/mol. The highest BCUT2D eigenvalue weighted by Crippen LogP contribution is 2.32. The van der Waals surface area contributed by atoms with Gasteiger partial charge in [0.25, 0.3) is 5.56 Å². The number of aromatic amines is 1. The molecule has 0 aliphatic carbocycles. The molecule has 0 saturated carbocycles. The van der Waals surface area contributed by atoms with Gasteiger partial charge in [-0.3, -0.25) is 9.59 Å². The van der Waals surface area contributed by atoms with Gasteiger partial charge in [0.15, 0.2) is 10.9 Å². The van der Waals surface area contributed by atoms with Crippen LogP contribution in [0.2, 0.25) is 0 Å². The molecule has 0 aliphatic heterocycles. The average molecular weight is 449 g/mol. The fourth-order valence-corrected chi connectivity index (χ4v) is 5.15. The van der Waals surface area contributed by atoms with E-state index in [1.165, 1.54) is 28.7 Å². The first kappa shape index (κ1) is 21.5. The Hall–Kier alpha value is -2.70. The molecule has 0 aliphatic rings. The summed E-state index contributed by atoms with van der Waals surface area (Å²) in [7, 11) is 0. The molecule has 2 aromatic heterocycles. The molecule has 1 N–H and O–H groups in total. The van der Waals surface area contributed by atoms with Crippen LogP contribution < -0.4 is 5.56 Å². The minimum absolute atomic E-state index is 0.0213. The van der Waals surface area contributed by atoms with E-state index >= 15 is 0 Å². The number of ketones is 1. The third-order valence-corrected chi connectivity index (χ3v) is 7.22. The predicted octanol–water partition coefficient (Wildman–Crippen LogP) is 6.37. The van der Waals surface area contributed by atoms with Crippen molar-refractivity contribution in [2.75, 3.05) is 5.75 Å². The zero-order valence-corrected chi connectivity index (χ0v) is 19.6. The van der Waals surface area contributed by atoms with E-state index in [9.17, 15) is 9.59 Å². The van der Waals surface area contributed by atoms with E-state index in [2.05, 4.69) is 48.1 Å². The van der Waals surface area contributed by atoms with Crippen LogP contribution in [0, 0.1) is 13.8 Å². The van der Waals surface area contributed by atoms with Crippen LogP contribution in [0.3, 0.4) is 0 Å². The van der Waals surface area contributed by atoms with E-state index in [0.29, 0.717) is 26.9 Å². The smallest absolute Gasteiger partial charge is 0.260 e. The van der Waals surface area contributed by atoms with Crippen LogP contribution in [-0.4, -0.2) is 21.5 Å². The Labute approximate surface area is 189 Å². The summed E-state index contributed by atoms with van der Waals surface area (Å²) in [6, 6.07) is 14.0. The number of rotatable bonds is 6. The summed E-state index contributed by atoms with van der Waals surface area (Å²) in [5.41, 5.74) is 5.93. The Bertz CT molecular complexity index is 1320. The van der Waals surface area contributed by atoms with E-state index in [-0.39, 0.29) is 17.1 Å². The summed E-state index contributed by atoms with van der Waals surface area (Å²) in [6.45, 7) is 8.34. The van der Waals surface area contributed by atoms with Crippen molar-refractivity contribution in [1.82, 2.24) is 9.97 Å². The number of hydrogen-bond acceptors (Lipinski definition) is 5. The molecule has 0 fully saturated rings. The zero-order valence-electron chi connectivity index (χ0n) is 18.0. The Morgan fingerprint density at radius 1 is 1.10 bits per heavy atom. The second-order valence-corrected chi connectivity index (χ2v) is 9.81. The van der Waals surface area contributed by atoms with Crippen molar-refractivity contribution in [3.8, 4) is 11.1 Å². The molecule has 4 nitrogen and oxygen atoms in total. The maximum absolute atomic E-state index is 12.8. The number of fused-ring (bicyclic) bond motifs is 1. The lowest BCUT2D eigenvalue weighted by atomic mass is 9.99. The SMILES string of the molecule is Cc1ccc(C(=O)CSc2nc3scc(-c4ccc(C(C)C)cc4)c3c(=O)[nH]2)cc1C. The van der Waals surface area contributed by atoms with Gasteiger partial charge in [0.2, 0.25) is 0 Å². The van der Waals surface area contributed by atoms with Crippen LogP contribution in [-0.2, 0) is 0 Å². The predicted molar refractivity (Wildman–Crippen MR) is 131 cm³/mol. The van der Waals surface area contributed by atoms with Crippen LogP contribution >= 0.6 is 23.1 Å². The number of aryl methyl sites for hydroxylation is 2. The number of H-pyrrole nitrogens is 1. The summed E-state index contributed by atoms with van der Waals surface area (Å²) in [5.74, 6) is 0.712.